The second-order valence-corrected chi connectivity index (χ2v) is 13.7. The summed E-state index contributed by atoms with van der Waals surface area (Å²) in [5, 5.41) is 10.2. The number of nitrogens with zero attached hydrogens (tertiary/aromatic N) is 1. The molecule has 0 bridgehead atoms. The first-order valence-electron chi connectivity index (χ1n) is 14.4. The monoisotopic (exact) mass is 533 g/mol. The molecule has 3 saturated carbocycles. The number of esters is 1. The molecule has 38 heavy (non-hydrogen) atoms. The Balaban J connectivity index is 1.16. The minimum Gasteiger partial charge on any atom is -0.481 e. The normalized spacial score (nSPS) is 35.9. The second-order valence-electron chi connectivity index (χ2n) is 12.6. The van der Waals surface area contributed by atoms with Crippen LogP contribution in [0.3, 0.4) is 0 Å². The topological polar surface area (TPSA) is 76.5 Å². The number of ether oxygens (including phenoxy) is 1. The fourth-order valence-electron chi connectivity index (χ4n) is 8.77. The standard InChI is InChI=1S/C32H39NO4S/c1-31-16-14-22(37-29(36)13-12-28(34)35)18-21(31)8-9-23-24-10-11-26(32(24,2)17-15-25(23)31)30-33-19-27(38-30)20-6-4-3-5-7-20/h3-8,19,22-26H,9-18H2,1-2H3,(H,34,35)/t22?,23-,24-,25-,26?,31-,32-/m0/s1. The van der Waals surface area contributed by atoms with E-state index in [4.69, 9.17) is 14.8 Å². The van der Waals surface area contributed by atoms with Gasteiger partial charge in [0, 0.05) is 18.5 Å². The first-order chi connectivity index (χ1) is 18.3. The molecule has 1 N–H and O–H groups in total. The summed E-state index contributed by atoms with van der Waals surface area (Å²) in [5.41, 5.74) is 3.24. The van der Waals surface area contributed by atoms with Crippen molar-refractivity contribution in [1.82, 2.24) is 4.98 Å². The largest absolute Gasteiger partial charge is 0.481 e. The van der Waals surface area contributed by atoms with E-state index in [1.807, 2.05) is 11.3 Å². The third kappa shape index (κ3) is 4.43. The molecule has 6 rings (SSSR count). The van der Waals surface area contributed by atoms with Gasteiger partial charge in [0.05, 0.1) is 22.7 Å². The number of carbonyl (C=O) groups is 2. The number of fused-ring (bicyclic) bond motifs is 5. The number of benzene rings is 1. The molecule has 4 aliphatic carbocycles. The van der Waals surface area contributed by atoms with Crippen LogP contribution in [0, 0.1) is 28.6 Å². The van der Waals surface area contributed by atoms with E-state index in [2.05, 4.69) is 56.5 Å². The van der Waals surface area contributed by atoms with Crippen molar-refractivity contribution in [2.24, 2.45) is 28.6 Å². The van der Waals surface area contributed by atoms with Gasteiger partial charge in [-0.05, 0) is 79.1 Å². The minimum atomic E-state index is -0.954. The van der Waals surface area contributed by atoms with E-state index < -0.39 is 5.97 Å². The zero-order chi connectivity index (χ0) is 26.5. The highest BCUT2D eigenvalue weighted by atomic mass is 32.1. The maximum atomic E-state index is 12.2. The van der Waals surface area contributed by atoms with Crippen molar-refractivity contribution >= 4 is 23.3 Å². The summed E-state index contributed by atoms with van der Waals surface area (Å²) in [4.78, 5) is 29.2. The van der Waals surface area contributed by atoms with Crippen LogP contribution in [0.1, 0.15) is 89.0 Å². The van der Waals surface area contributed by atoms with Crippen LogP contribution in [-0.2, 0) is 14.3 Å². The Kier molecular flexibility index (Phi) is 6.74. The lowest BCUT2D eigenvalue weighted by atomic mass is 9.47. The fraction of sp³-hybridized carbons (Fsp3) is 0.594. The summed E-state index contributed by atoms with van der Waals surface area (Å²) >= 11 is 1.90. The summed E-state index contributed by atoms with van der Waals surface area (Å²) in [5.74, 6) is 1.36. The van der Waals surface area contributed by atoms with Gasteiger partial charge in [0.1, 0.15) is 6.10 Å². The molecule has 0 amide bonds. The molecular weight excluding hydrogens is 494 g/mol. The Morgan fingerprint density at radius 3 is 2.66 bits per heavy atom. The third-order valence-electron chi connectivity index (χ3n) is 10.8. The van der Waals surface area contributed by atoms with Crippen LogP contribution in [0.25, 0.3) is 10.4 Å². The van der Waals surface area contributed by atoms with Crippen LogP contribution in [0.5, 0.6) is 0 Å². The van der Waals surface area contributed by atoms with E-state index in [1.165, 1.54) is 46.7 Å². The van der Waals surface area contributed by atoms with Crippen molar-refractivity contribution in [2.45, 2.75) is 90.1 Å². The van der Waals surface area contributed by atoms with E-state index >= 15 is 0 Å². The van der Waals surface area contributed by atoms with Crippen LogP contribution in [0.15, 0.2) is 48.2 Å². The van der Waals surface area contributed by atoms with Crippen LogP contribution in [0.4, 0.5) is 0 Å². The van der Waals surface area contributed by atoms with Crippen LogP contribution < -0.4 is 0 Å². The Hall–Kier alpha value is -2.47. The van der Waals surface area contributed by atoms with Gasteiger partial charge in [-0.1, -0.05) is 55.8 Å². The number of rotatable bonds is 6. The number of hydrogen-bond acceptors (Lipinski definition) is 5. The number of carbonyl (C=O) groups excluding carboxylic acids is 1. The number of aliphatic carboxylic acids is 1. The smallest absolute Gasteiger partial charge is 0.306 e. The molecule has 0 radical (unpaired) electrons. The van der Waals surface area contributed by atoms with Crippen LogP contribution >= 0.6 is 11.3 Å². The summed E-state index contributed by atoms with van der Waals surface area (Å²) in [6.45, 7) is 5.03. The number of carboxylic acids is 1. The highest BCUT2D eigenvalue weighted by Crippen LogP contribution is 2.68. The first-order valence-corrected chi connectivity index (χ1v) is 15.2. The van der Waals surface area contributed by atoms with Crippen molar-refractivity contribution < 1.29 is 19.4 Å². The zero-order valence-electron chi connectivity index (χ0n) is 22.5. The maximum absolute atomic E-state index is 12.2. The summed E-state index contributed by atoms with van der Waals surface area (Å²) in [7, 11) is 0. The minimum absolute atomic E-state index is 0.0415. The first kappa shape index (κ1) is 25.8. The molecule has 1 aromatic heterocycles. The Morgan fingerprint density at radius 2 is 1.87 bits per heavy atom. The van der Waals surface area contributed by atoms with Gasteiger partial charge in [-0.25, -0.2) is 4.98 Å². The molecule has 1 heterocycles. The molecule has 3 fully saturated rings. The van der Waals surface area contributed by atoms with Gasteiger partial charge in [-0.2, -0.15) is 0 Å². The van der Waals surface area contributed by atoms with Gasteiger partial charge in [0.2, 0.25) is 0 Å². The van der Waals surface area contributed by atoms with Crippen molar-refractivity contribution in [3.8, 4) is 10.4 Å². The predicted octanol–water partition coefficient (Wildman–Crippen LogP) is 7.63. The number of allylic oxidation sites excluding steroid dienone is 1. The summed E-state index contributed by atoms with van der Waals surface area (Å²) in [6, 6.07) is 10.6. The van der Waals surface area contributed by atoms with Gasteiger partial charge < -0.3 is 9.84 Å². The fourth-order valence-corrected chi connectivity index (χ4v) is 9.99. The van der Waals surface area contributed by atoms with Crippen molar-refractivity contribution in [1.29, 1.82) is 0 Å². The zero-order valence-corrected chi connectivity index (χ0v) is 23.3. The van der Waals surface area contributed by atoms with Crippen molar-refractivity contribution in [2.75, 3.05) is 0 Å². The highest BCUT2D eigenvalue weighted by molar-refractivity contribution is 7.15. The lowest BCUT2D eigenvalue weighted by Crippen LogP contribution is -2.50. The molecule has 0 aliphatic heterocycles. The Bertz CT molecular complexity index is 1240. The van der Waals surface area contributed by atoms with Gasteiger partial charge in [0.15, 0.2) is 0 Å². The van der Waals surface area contributed by atoms with Crippen molar-refractivity contribution in [3.63, 3.8) is 0 Å². The number of thiazole rings is 1. The van der Waals surface area contributed by atoms with E-state index in [9.17, 15) is 9.59 Å². The Labute approximate surface area is 229 Å². The number of carboxylic acid groups (broad SMARTS) is 1. The molecule has 0 spiro atoms. The van der Waals surface area contributed by atoms with Crippen LogP contribution in [0.2, 0.25) is 0 Å². The lowest BCUT2D eigenvalue weighted by molar-refractivity contribution is -0.154. The summed E-state index contributed by atoms with van der Waals surface area (Å²) < 4.78 is 5.71. The van der Waals surface area contributed by atoms with Gasteiger partial charge in [-0.3, -0.25) is 9.59 Å². The molecule has 5 nitrogen and oxygen atoms in total. The van der Waals surface area contributed by atoms with E-state index in [1.54, 1.807) is 0 Å². The summed E-state index contributed by atoms with van der Waals surface area (Å²) in [6.07, 6.45) is 13.2. The Morgan fingerprint density at radius 1 is 1.05 bits per heavy atom. The molecule has 0 saturated heterocycles. The molecule has 7 atom stereocenters. The van der Waals surface area contributed by atoms with Gasteiger partial charge in [-0.15, -0.1) is 11.3 Å². The molecule has 2 unspecified atom stereocenters. The average Bonchev–Trinajstić information content (AvgIpc) is 3.52. The second kappa shape index (κ2) is 9.93. The number of hydrogen-bond donors (Lipinski definition) is 1. The van der Waals surface area contributed by atoms with Crippen molar-refractivity contribution in [3.05, 3.63) is 53.2 Å². The molecule has 4 aliphatic rings. The van der Waals surface area contributed by atoms with Gasteiger partial charge >= 0.3 is 11.9 Å². The van der Waals surface area contributed by atoms with E-state index in [0.29, 0.717) is 17.3 Å². The quantitative estimate of drug-likeness (QED) is 0.305. The van der Waals surface area contributed by atoms with Crippen LogP contribution in [-0.4, -0.2) is 28.1 Å². The van der Waals surface area contributed by atoms with E-state index in [-0.39, 0.29) is 30.3 Å². The molecule has 1 aromatic carbocycles. The average molecular weight is 534 g/mol. The van der Waals surface area contributed by atoms with E-state index in [0.717, 1.165) is 37.5 Å². The third-order valence-corrected chi connectivity index (χ3v) is 11.9. The predicted molar refractivity (Wildman–Crippen MR) is 149 cm³/mol. The SMILES string of the molecule is C[C@]12CCC(OC(=O)CCC(=O)O)CC1=CC[C@@H]1[C@@H]2CC[C@]2(C)C(c3ncc(-c4ccccc4)s3)CC[C@@H]12. The molecule has 6 heteroatoms. The molecule has 202 valence electrons. The number of aromatic nitrogens is 1. The van der Waals surface area contributed by atoms with Gasteiger partial charge in [0.25, 0.3) is 0 Å². The highest BCUT2D eigenvalue weighted by Gasteiger charge is 2.59. The maximum Gasteiger partial charge on any atom is 0.306 e. The molecule has 2 aromatic rings. The lowest BCUT2D eigenvalue weighted by Gasteiger charge is -2.58. The molecular formula is C32H39NO4S.